The van der Waals surface area contributed by atoms with Gasteiger partial charge in [-0.25, -0.2) is 13.2 Å². The number of hydrogen-bond acceptors (Lipinski definition) is 2. The van der Waals surface area contributed by atoms with Gasteiger partial charge in [-0.3, -0.25) is 4.79 Å². The van der Waals surface area contributed by atoms with Gasteiger partial charge in [-0.2, -0.15) is 0 Å². The highest BCUT2D eigenvalue weighted by Crippen LogP contribution is 2.24. The van der Waals surface area contributed by atoms with E-state index < -0.39 is 29.4 Å². The number of amides is 1. The molecular weight excluding hydrogens is 293 g/mol. The number of rotatable bonds is 4. The Bertz CT molecular complexity index is 550. The van der Waals surface area contributed by atoms with Crippen molar-refractivity contribution in [2.24, 2.45) is 5.92 Å². The summed E-state index contributed by atoms with van der Waals surface area (Å²) in [6, 6.07) is 1.50. The molecule has 0 radical (unpaired) electrons. The Morgan fingerprint density at radius 2 is 1.86 bits per heavy atom. The van der Waals surface area contributed by atoms with Gasteiger partial charge in [0.2, 0.25) is 5.91 Å². The molecule has 6 heteroatoms. The van der Waals surface area contributed by atoms with Crippen LogP contribution in [-0.4, -0.2) is 18.0 Å². The summed E-state index contributed by atoms with van der Waals surface area (Å²) in [5.74, 6) is -4.24. The summed E-state index contributed by atoms with van der Waals surface area (Å²) in [5.41, 5.74) is -0.353. The number of benzene rings is 1. The molecule has 0 unspecified atom stereocenters. The third-order valence-corrected chi connectivity index (χ3v) is 4.26. The Hall–Kier alpha value is -1.56. The van der Waals surface area contributed by atoms with Gasteiger partial charge < -0.3 is 10.6 Å². The van der Waals surface area contributed by atoms with Crippen LogP contribution in [0.4, 0.5) is 18.9 Å². The molecule has 3 atom stereocenters. The standard InChI is InChI=1S/C16H21F3N2O/c1-9-5-3-4-6-12(9)20-10(2)16(22)21-13-8-7-11(17)14(18)15(13)19/h7-10,12,20H,3-6H2,1-2H3,(H,21,22)/t9-,10+,12+/m1/s1. The summed E-state index contributed by atoms with van der Waals surface area (Å²) in [6.07, 6.45) is 4.43. The number of nitrogens with one attached hydrogen (secondary N) is 2. The van der Waals surface area contributed by atoms with E-state index in [4.69, 9.17) is 0 Å². The lowest BCUT2D eigenvalue weighted by Crippen LogP contribution is -2.47. The van der Waals surface area contributed by atoms with Crippen LogP contribution < -0.4 is 10.6 Å². The molecule has 1 saturated carbocycles. The van der Waals surface area contributed by atoms with Crippen molar-refractivity contribution in [1.29, 1.82) is 0 Å². The number of halogens is 3. The highest BCUT2D eigenvalue weighted by atomic mass is 19.2. The summed E-state index contributed by atoms with van der Waals surface area (Å²) in [4.78, 5) is 12.1. The summed E-state index contributed by atoms with van der Waals surface area (Å²) < 4.78 is 39.6. The molecule has 1 aliphatic rings. The minimum Gasteiger partial charge on any atom is -0.322 e. The van der Waals surface area contributed by atoms with E-state index in [2.05, 4.69) is 17.6 Å². The van der Waals surface area contributed by atoms with Gasteiger partial charge in [-0.15, -0.1) is 0 Å². The summed E-state index contributed by atoms with van der Waals surface area (Å²) in [6.45, 7) is 3.81. The topological polar surface area (TPSA) is 41.1 Å². The van der Waals surface area contributed by atoms with Crippen molar-refractivity contribution in [2.75, 3.05) is 5.32 Å². The molecule has 3 nitrogen and oxygen atoms in total. The van der Waals surface area contributed by atoms with Crippen LogP contribution in [0.1, 0.15) is 39.5 Å². The SMILES string of the molecule is C[C@H](N[C@H]1CCCC[C@H]1C)C(=O)Nc1ccc(F)c(F)c1F. The number of anilines is 1. The van der Waals surface area contributed by atoms with Crippen molar-refractivity contribution in [1.82, 2.24) is 5.32 Å². The fourth-order valence-corrected chi connectivity index (χ4v) is 2.82. The van der Waals surface area contributed by atoms with E-state index in [-0.39, 0.29) is 11.7 Å². The minimum atomic E-state index is -1.58. The molecule has 0 bridgehead atoms. The van der Waals surface area contributed by atoms with Gasteiger partial charge in [-0.05, 0) is 37.8 Å². The van der Waals surface area contributed by atoms with Gasteiger partial charge in [0.25, 0.3) is 0 Å². The van der Waals surface area contributed by atoms with Crippen molar-refractivity contribution >= 4 is 11.6 Å². The summed E-state index contributed by atoms with van der Waals surface area (Å²) >= 11 is 0. The molecule has 0 heterocycles. The maximum absolute atomic E-state index is 13.6. The van der Waals surface area contributed by atoms with E-state index in [0.29, 0.717) is 5.92 Å². The number of carbonyl (C=O) groups excluding carboxylic acids is 1. The lowest BCUT2D eigenvalue weighted by atomic mass is 9.85. The normalized spacial score (nSPS) is 23.1. The molecule has 2 rings (SSSR count). The van der Waals surface area contributed by atoms with Crippen LogP contribution in [0, 0.1) is 23.4 Å². The smallest absolute Gasteiger partial charge is 0.241 e. The minimum absolute atomic E-state index is 0.240. The third-order valence-electron chi connectivity index (χ3n) is 4.26. The van der Waals surface area contributed by atoms with Crippen molar-refractivity contribution in [2.45, 2.75) is 51.6 Å². The first-order valence-corrected chi connectivity index (χ1v) is 7.60. The molecular formula is C16H21F3N2O. The third kappa shape index (κ3) is 3.80. The van der Waals surface area contributed by atoms with Crippen molar-refractivity contribution in [3.05, 3.63) is 29.6 Å². The molecule has 22 heavy (non-hydrogen) atoms. The van der Waals surface area contributed by atoms with Gasteiger partial charge in [0.15, 0.2) is 17.5 Å². The zero-order valence-electron chi connectivity index (χ0n) is 12.8. The van der Waals surface area contributed by atoms with Crippen LogP contribution in [0.5, 0.6) is 0 Å². The maximum Gasteiger partial charge on any atom is 0.241 e. The quantitative estimate of drug-likeness (QED) is 0.834. The lowest BCUT2D eigenvalue weighted by Gasteiger charge is -2.31. The lowest BCUT2D eigenvalue weighted by molar-refractivity contribution is -0.118. The predicted molar refractivity (Wildman–Crippen MR) is 79.0 cm³/mol. The van der Waals surface area contributed by atoms with Crippen LogP contribution >= 0.6 is 0 Å². The highest BCUT2D eigenvalue weighted by molar-refractivity contribution is 5.94. The first-order chi connectivity index (χ1) is 10.4. The Labute approximate surface area is 128 Å². The van der Waals surface area contributed by atoms with Crippen LogP contribution in [0.2, 0.25) is 0 Å². The van der Waals surface area contributed by atoms with E-state index in [1.165, 1.54) is 6.42 Å². The molecule has 1 amide bonds. The summed E-state index contributed by atoms with van der Waals surface area (Å²) in [7, 11) is 0. The van der Waals surface area contributed by atoms with Crippen LogP contribution in [0.25, 0.3) is 0 Å². The molecule has 0 spiro atoms. The monoisotopic (exact) mass is 314 g/mol. The average molecular weight is 314 g/mol. The first-order valence-electron chi connectivity index (χ1n) is 7.60. The predicted octanol–water partition coefficient (Wildman–Crippen LogP) is 3.60. The largest absolute Gasteiger partial charge is 0.322 e. The van der Waals surface area contributed by atoms with Crippen molar-refractivity contribution < 1.29 is 18.0 Å². The van der Waals surface area contributed by atoms with Crippen LogP contribution in [-0.2, 0) is 4.79 Å². The second-order valence-corrected chi connectivity index (χ2v) is 5.97. The van der Waals surface area contributed by atoms with Crippen molar-refractivity contribution in [3.63, 3.8) is 0 Å². The fraction of sp³-hybridized carbons (Fsp3) is 0.562. The highest BCUT2D eigenvalue weighted by Gasteiger charge is 2.25. The molecule has 2 N–H and O–H groups in total. The molecule has 1 aromatic rings. The second-order valence-electron chi connectivity index (χ2n) is 5.97. The molecule has 1 aliphatic carbocycles. The van der Waals surface area contributed by atoms with Gasteiger partial charge in [0.05, 0.1) is 11.7 Å². The van der Waals surface area contributed by atoms with Crippen LogP contribution in [0.3, 0.4) is 0 Å². The summed E-state index contributed by atoms with van der Waals surface area (Å²) in [5, 5.41) is 5.53. The fourth-order valence-electron chi connectivity index (χ4n) is 2.82. The van der Waals surface area contributed by atoms with E-state index in [0.717, 1.165) is 31.4 Å². The maximum atomic E-state index is 13.6. The zero-order chi connectivity index (χ0) is 16.3. The Morgan fingerprint density at radius 1 is 1.18 bits per heavy atom. The molecule has 0 aromatic heterocycles. The Morgan fingerprint density at radius 3 is 2.55 bits per heavy atom. The van der Waals surface area contributed by atoms with Crippen molar-refractivity contribution in [3.8, 4) is 0 Å². The molecule has 0 saturated heterocycles. The average Bonchev–Trinajstić information content (AvgIpc) is 2.50. The van der Waals surface area contributed by atoms with E-state index >= 15 is 0 Å². The number of carbonyl (C=O) groups is 1. The first kappa shape index (κ1) is 16.8. The number of hydrogen-bond donors (Lipinski definition) is 2. The Balaban J connectivity index is 1.98. The molecule has 0 aliphatic heterocycles. The second kappa shape index (κ2) is 7.13. The van der Waals surface area contributed by atoms with E-state index in [9.17, 15) is 18.0 Å². The molecule has 122 valence electrons. The van der Waals surface area contributed by atoms with Gasteiger partial charge in [0.1, 0.15) is 0 Å². The van der Waals surface area contributed by atoms with Gasteiger partial charge in [0, 0.05) is 6.04 Å². The van der Waals surface area contributed by atoms with Crippen LogP contribution in [0.15, 0.2) is 12.1 Å². The van der Waals surface area contributed by atoms with E-state index in [1.54, 1.807) is 6.92 Å². The zero-order valence-corrected chi connectivity index (χ0v) is 12.8. The molecule has 1 aromatic carbocycles. The van der Waals surface area contributed by atoms with E-state index in [1.807, 2.05) is 0 Å². The van der Waals surface area contributed by atoms with Gasteiger partial charge >= 0.3 is 0 Å². The Kier molecular flexibility index (Phi) is 5.45. The molecule has 1 fully saturated rings. The van der Waals surface area contributed by atoms with Gasteiger partial charge in [-0.1, -0.05) is 19.8 Å².